The molecule has 0 aromatic carbocycles. The highest BCUT2D eigenvalue weighted by Crippen LogP contribution is 2.33. The molecule has 0 amide bonds. The monoisotopic (exact) mass is 439 g/mol. The van der Waals surface area contributed by atoms with Gasteiger partial charge in [-0.3, -0.25) is 0 Å². The van der Waals surface area contributed by atoms with Gasteiger partial charge < -0.3 is 14.9 Å². The largest absolute Gasteiger partial charge is 0.445 e. The fourth-order valence-electron chi connectivity index (χ4n) is 1.31. The minimum atomic E-state index is 0.337. The number of anilines is 1. The number of rotatable bonds is 3. The average Bonchev–Trinajstić information content (AvgIpc) is 2.65. The third-order valence-corrected chi connectivity index (χ3v) is 4.67. The van der Waals surface area contributed by atoms with E-state index in [4.69, 9.17) is 14.9 Å². The second-order valence-corrected chi connectivity index (χ2v) is 5.73. The van der Waals surface area contributed by atoms with Crippen LogP contribution in [0.1, 0.15) is 5.69 Å². The van der Waals surface area contributed by atoms with Crippen molar-refractivity contribution in [1.29, 1.82) is 0 Å². The van der Waals surface area contributed by atoms with Gasteiger partial charge in [0, 0.05) is 13.2 Å². The highest BCUT2D eigenvalue weighted by atomic mass is 79.9. The third-order valence-electron chi connectivity index (χ3n) is 2.09. The lowest BCUT2D eigenvalue weighted by molar-refractivity contribution is 0.181. The maximum Gasteiger partial charge on any atom is 0.198 e. The van der Waals surface area contributed by atoms with Crippen LogP contribution in [0.3, 0.4) is 0 Å². The lowest BCUT2D eigenvalue weighted by Gasteiger charge is -2.06. The van der Waals surface area contributed by atoms with Gasteiger partial charge in [0.15, 0.2) is 16.3 Å². The van der Waals surface area contributed by atoms with Crippen molar-refractivity contribution in [2.45, 2.75) is 6.61 Å². The molecular formula is C10H8Br3N3O2. The number of hydrogen-bond acceptors (Lipinski definition) is 5. The Hall–Kier alpha value is -0.440. The van der Waals surface area contributed by atoms with Gasteiger partial charge in [-0.2, -0.15) is 0 Å². The maximum atomic E-state index is 5.82. The smallest absolute Gasteiger partial charge is 0.198 e. The second-order valence-electron chi connectivity index (χ2n) is 3.36. The summed E-state index contributed by atoms with van der Waals surface area (Å²) in [6.45, 7) is 0.337. The first-order chi connectivity index (χ1) is 8.52. The number of hydrogen-bond donors (Lipinski definition) is 1. The molecule has 0 aliphatic rings. The number of nitrogens with zero attached hydrogens (tertiary/aromatic N) is 2. The van der Waals surface area contributed by atoms with Crippen LogP contribution in [-0.4, -0.2) is 17.1 Å². The summed E-state index contributed by atoms with van der Waals surface area (Å²) in [5.41, 5.74) is 6.49. The molecule has 0 fully saturated rings. The predicted octanol–water partition coefficient (Wildman–Crippen LogP) is 3.75. The van der Waals surface area contributed by atoms with Crippen molar-refractivity contribution in [3.63, 3.8) is 0 Å². The first kappa shape index (κ1) is 14.0. The normalized spacial score (nSPS) is 10.9. The van der Waals surface area contributed by atoms with Crippen LogP contribution in [-0.2, 0) is 11.3 Å². The van der Waals surface area contributed by atoms with Gasteiger partial charge in [-0.15, -0.1) is 0 Å². The van der Waals surface area contributed by atoms with Gasteiger partial charge in [0.1, 0.15) is 5.82 Å². The summed E-state index contributed by atoms with van der Waals surface area (Å²) in [4.78, 5) is 8.52. The molecule has 0 bridgehead atoms. The van der Waals surface area contributed by atoms with Crippen molar-refractivity contribution in [1.82, 2.24) is 9.97 Å². The predicted molar refractivity (Wildman–Crippen MR) is 78.0 cm³/mol. The van der Waals surface area contributed by atoms with Crippen molar-refractivity contribution in [2.75, 3.05) is 12.8 Å². The molecule has 8 heteroatoms. The summed E-state index contributed by atoms with van der Waals surface area (Å²) in [6, 6.07) is 1.77. The molecule has 2 N–H and O–H groups in total. The highest BCUT2D eigenvalue weighted by Gasteiger charge is 2.15. The van der Waals surface area contributed by atoms with Gasteiger partial charge in [0.2, 0.25) is 0 Å². The molecule has 0 atom stereocenters. The van der Waals surface area contributed by atoms with Gasteiger partial charge in [0.25, 0.3) is 0 Å². The summed E-state index contributed by atoms with van der Waals surface area (Å²) in [5.74, 6) is 1.27. The van der Waals surface area contributed by atoms with Gasteiger partial charge in [-0.05, 0) is 47.8 Å². The number of methoxy groups -OCH3 is 1. The molecule has 2 rings (SSSR count). The van der Waals surface area contributed by atoms with E-state index in [1.807, 2.05) is 0 Å². The lowest BCUT2D eigenvalue weighted by atomic mass is 10.3. The zero-order valence-electron chi connectivity index (χ0n) is 9.21. The van der Waals surface area contributed by atoms with Crippen LogP contribution in [0.4, 0.5) is 5.82 Å². The van der Waals surface area contributed by atoms with E-state index in [0.717, 1.165) is 4.47 Å². The highest BCUT2D eigenvalue weighted by molar-refractivity contribution is 9.13. The Bertz CT molecular complexity index is 566. The topological polar surface area (TPSA) is 74.2 Å². The molecule has 0 saturated carbocycles. The molecule has 0 saturated heterocycles. The van der Waals surface area contributed by atoms with Crippen molar-refractivity contribution in [2.24, 2.45) is 0 Å². The van der Waals surface area contributed by atoms with Crippen LogP contribution < -0.4 is 5.73 Å². The first-order valence-corrected chi connectivity index (χ1v) is 7.17. The fraction of sp³-hybridized carbons (Fsp3) is 0.200. The van der Waals surface area contributed by atoms with Crippen LogP contribution >= 0.6 is 47.8 Å². The van der Waals surface area contributed by atoms with Gasteiger partial charge in [0.05, 0.1) is 21.2 Å². The SMILES string of the molecule is COCc1nc(-c2cc(Br)c(Br)o2)nc(N)c1Br. The molecule has 0 radical (unpaired) electrons. The molecule has 0 aliphatic heterocycles. The number of nitrogens with two attached hydrogens (primary N) is 1. The minimum Gasteiger partial charge on any atom is -0.445 e. The van der Waals surface area contributed by atoms with E-state index in [1.54, 1.807) is 13.2 Å². The van der Waals surface area contributed by atoms with E-state index >= 15 is 0 Å². The van der Waals surface area contributed by atoms with Crippen LogP contribution in [0.2, 0.25) is 0 Å². The summed E-state index contributed by atoms with van der Waals surface area (Å²) >= 11 is 9.92. The Labute approximate surface area is 129 Å². The van der Waals surface area contributed by atoms with E-state index in [1.165, 1.54) is 0 Å². The Morgan fingerprint density at radius 1 is 1.33 bits per heavy atom. The lowest BCUT2D eigenvalue weighted by Crippen LogP contribution is -2.03. The molecule has 0 aliphatic carbocycles. The van der Waals surface area contributed by atoms with Gasteiger partial charge in [-0.25, -0.2) is 9.97 Å². The van der Waals surface area contributed by atoms with Crippen molar-refractivity contribution in [3.05, 3.63) is 25.4 Å². The van der Waals surface area contributed by atoms with E-state index in [2.05, 4.69) is 57.8 Å². The number of furan rings is 1. The number of nitrogen functional groups attached to an aromatic ring is 1. The number of ether oxygens (including phenoxy) is 1. The number of halogens is 3. The van der Waals surface area contributed by atoms with Crippen LogP contribution in [0.15, 0.2) is 24.1 Å². The minimum absolute atomic E-state index is 0.337. The Morgan fingerprint density at radius 3 is 2.61 bits per heavy atom. The van der Waals surface area contributed by atoms with Crippen molar-refractivity contribution >= 4 is 53.6 Å². The Balaban J connectivity index is 2.51. The van der Waals surface area contributed by atoms with E-state index in [-0.39, 0.29) is 0 Å². The van der Waals surface area contributed by atoms with Crippen molar-refractivity contribution in [3.8, 4) is 11.6 Å². The first-order valence-electron chi connectivity index (χ1n) is 4.79. The van der Waals surface area contributed by atoms with Crippen molar-refractivity contribution < 1.29 is 9.15 Å². The number of aromatic nitrogens is 2. The molecule has 0 spiro atoms. The van der Waals surface area contributed by atoms with Crippen LogP contribution in [0.5, 0.6) is 0 Å². The molecule has 5 nitrogen and oxygen atoms in total. The summed E-state index contributed by atoms with van der Waals surface area (Å²) in [6.07, 6.45) is 0. The third kappa shape index (κ3) is 2.76. The summed E-state index contributed by atoms with van der Waals surface area (Å²) < 4.78 is 12.5. The van der Waals surface area contributed by atoms with Gasteiger partial charge in [-0.1, -0.05) is 0 Å². The fourth-order valence-corrected chi connectivity index (χ4v) is 2.18. The zero-order valence-corrected chi connectivity index (χ0v) is 14.0. The second kappa shape index (κ2) is 5.68. The molecule has 18 heavy (non-hydrogen) atoms. The molecule has 2 aromatic rings. The van der Waals surface area contributed by atoms with Gasteiger partial charge >= 0.3 is 0 Å². The standard InChI is InChI=1S/C10H8Br3N3O2/c1-17-3-5-7(12)9(14)16-10(15-5)6-2-4(11)8(13)18-6/h2H,3H2,1H3,(H2,14,15,16). The molecule has 96 valence electrons. The molecule has 0 unspecified atom stereocenters. The quantitative estimate of drug-likeness (QED) is 0.785. The van der Waals surface area contributed by atoms with E-state index in [0.29, 0.717) is 38.8 Å². The molecule has 2 aromatic heterocycles. The average molecular weight is 442 g/mol. The molecular weight excluding hydrogens is 434 g/mol. The maximum absolute atomic E-state index is 5.82. The Kier molecular flexibility index (Phi) is 4.41. The molecule has 2 heterocycles. The summed E-state index contributed by atoms with van der Waals surface area (Å²) in [5, 5.41) is 0. The Morgan fingerprint density at radius 2 is 2.06 bits per heavy atom. The van der Waals surface area contributed by atoms with E-state index < -0.39 is 0 Å². The van der Waals surface area contributed by atoms with Crippen LogP contribution in [0, 0.1) is 0 Å². The zero-order chi connectivity index (χ0) is 13.3. The van der Waals surface area contributed by atoms with E-state index in [9.17, 15) is 0 Å². The van der Waals surface area contributed by atoms with Crippen LogP contribution in [0.25, 0.3) is 11.6 Å². The summed E-state index contributed by atoms with van der Waals surface area (Å²) in [7, 11) is 1.59.